The molecule has 1 unspecified atom stereocenters. The topological polar surface area (TPSA) is 30.2 Å². The zero-order valence-electron chi connectivity index (χ0n) is 8.29. The normalized spacial score (nSPS) is 22.2. The van der Waals surface area contributed by atoms with Gasteiger partial charge in [-0.1, -0.05) is 6.42 Å². The lowest BCUT2D eigenvalue weighted by molar-refractivity contribution is 0.0984. The van der Waals surface area contributed by atoms with E-state index in [2.05, 4.69) is 0 Å². The lowest BCUT2D eigenvalue weighted by atomic mass is 10.1. The molecule has 1 saturated heterocycles. The number of hydrogen-bond acceptors (Lipinski definition) is 3. The Morgan fingerprint density at radius 1 is 1.57 bits per heavy atom. The third-order valence-corrected chi connectivity index (χ3v) is 3.86. The lowest BCUT2D eigenvalue weighted by Gasteiger charge is -2.18. The van der Waals surface area contributed by atoms with Crippen molar-refractivity contribution >= 4 is 17.5 Å². The third kappa shape index (κ3) is 2.03. The number of rotatable bonds is 2. The summed E-state index contributed by atoms with van der Waals surface area (Å²) in [6.45, 7) is 1.87. The van der Waals surface area contributed by atoms with Crippen molar-refractivity contribution in [2.45, 2.75) is 31.4 Å². The largest absolute Gasteiger partial charge is 0.469 e. The van der Waals surface area contributed by atoms with Crippen LogP contribution in [0.5, 0.6) is 0 Å². The van der Waals surface area contributed by atoms with Crippen molar-refractivity contribution in [3.05, 3.63) is 23.7 Å². The van der Waals surface area contributed by atoms with Crippen LogP contribution in [0.1, 0.15) is 35.4 Å². The van der Waals surface area contributed by atoms with Gasteiger partial charge in [0.2, 0.25) is 0 Å². The zero-order valence-corrected chi connectivity index (χ0v) is 9.10. The van der Waals surface area contributed by atoms with Crippen molar-refractivity contribution < 1.29 is 9.21 Å². The van der Waals surface area contributed by atoms with Crippen LogP contribution >= 0.6 is 11.8 Å². The highest BCUT2D eigenvalue weighted by Gasteiger charge is 2.23. The first-order valence-corrected chi connectivity index (χ1v) is 6.03. The van der Waals surface area contributed by atoms with Crippen LogP contribution in [0.25, 0.3) is 0 Å². The van der Waals surface area contributed by atoms with Crippen molar-refractivity contribution in [3.63, 3.8) is 0 Å². The summed E-state index contributed by atoms with van der Waals surface area (Å²) in [5.74, 6) is 2.17. The van der Waals surface area contributed by atoms with Gasteiger partial charge in [0.15, 0.2) is 5.78 Å². The van der Waals surface area contributed by atoms with Gasteiger partial charge in [-0.05, 0) is 31.6 Å². The van der Waals surface area contributed by atoms with Crippen LogP contribution in [-0.2, 0) is 0 Å². The van der Waals surface area contributed by atoms with Gasteiger partial charge in [-0.3, -0.25) is 4.79 Å². The van der Waals surface area contributed by atoms with Crippen LogP contribution in [0.2, 0.25) is 0 Å². The quantitative estimate of drug-likeness (QED) is 0.703. The molecule has 2 heterocycles. The van der Waals surface area contributed by atoms with Crippen LogP contribution in [0, 0.1) is 6.92 Å². The van der Waals surface area contributed by atoms with Crippen molar-refractivity contribution in [1.29, 1.82) is 0 Å². The maximum atomic E-state index is 11.9. The summed E-state index contributed by atoms with van der Waals surface area (Å²) in [6, 6.07) is 1.83. The molecule has 14 heavy (non-hydrogen) atoms. The van der Waals surface area contributed by atoms with Gasteiger partial charge in [0.1, 0.15) is 12.0 Å². The summed E-state index contributed by atoms with van der Waals surface area (Å²) in [5, 5.41) is 0.167. The number of carbonyl (C=O) groups excluding carboxylic acids is 1. The number of ketones is 1. The number of furan rings is 1. The molecular weight excluding hydrogens is 196 g/mol. The zero-order chi connectivity index (χ0) is 9.97. The Morgan fingerprint density at radius 2 is 2.43 bits per heavy atom. The summed E-state index contributed by atoms with van der Waals surface area (Å²) >= 11 is 1.78. The van der Waals surface area contributed by atoms with E-state index in [4.69, 9.17) is 4.42 Å². The van der Waals surface area contributed by atoms with Gasteiger partial charge in [0, 0.05) is 0 Å². The van der Waals surface area contributed by atoms with Crippen LogP contribution in [0.3, 0.4) is 0 Å². The van der Waals surface area contributed by atoms with Gasteiger partial charge in [-0.15, -0.1) is 0 Å². The first-order chi connectivity index (χ1) is 6.77. The van der Waals surface area contributed by atoms with Gasteiger partial charge >= 0.3 is 0 Å². The third-order valence-electron chi connectivity index (χ3n) is 2.49. The SMILES string of the molecule is Cc1cc(C(=O)C2CCCCS2)co1. The summed E-state index contributed by atoms with van der Waals surface area (Å²) < 4.78 is 5.15. The van der Waals surface area contributed by atoms with E-state index >= 15 is 0 Å². The van der Waals surface area contributed by atoms with E-state index in [-0.39, 0.29) is 11.0 Å². The molecule has 0 spiro atoms. The molecule has 3 heteroatoms. The van der Waals surface area contributed by atoms with E-state index in [0.29, 0.717) is 0 Å². The minimum atomic E-state index is 0.167. The van der Waals surface area contributed by atoms with E-state index < -0.39 is 0 Å². The van der Waals surface area contributed by atoms with E-state index in [9.17, 15) is 4.79 Å². The van der Waals surface area contributed by atoms with E-state index in [1.54, 1.807) is 18.0 Å². The number of hydrogen-bond donors (Lipinski definition) is 0. The molecular formula is C11H14O2S. The van der Waals surface area contributed by atoms with Gasteiger partial charge in [0.25, 0.3) is 0 Å². The molecule has 1 aromatic rings. The van der Waals surface area contributed by atoms with E-state index in [1.807, 2.05) is 13.0 Å². The number of carbonyl (C=O) groups is 1. The minimum Gasteiger partial charge on any atom is -0.469 e. The van der Waals surface area contributed by atoms with Gasteiger partial charge in [-0.2, -0.15) is 11.8 Å². The van der Waals surface area contributed by atoms with Crippen molar-refractivity contribution in [3.8, 4) is 0 Å². The predicted octanol–water partition coefficient (Wildman–Crippen LogP) is 3.06. The Kier molecular flexibility index (Phi) is 2.96. The van der Waals surface area contributed by atoms with Crippen LogP contribution < -0.4 is 0 Å². The standard InChI is InChI=1S/C11H14O2S/c1-8-6-9(7-13-8)11(12)10-4-2-3-5-14-10/h6-7,10H,2-5H2,1H3. The Labute approximate surface area is 88.1 Å². The van der Waals surface area contributed by atoms with Gasteiger partial charge < -0.3 is 4.42 Å². The lowest BCUT2D eigenvalue weighted by Crippen LogP contribution is -2.20. The van der Waals surface area contributed by atoms with Crippen molar-refractivity contribution in [2.24, 2.45) is 0 Å². The fraction of sp³-hybridized carbons (Fsp3) is 0.545. The monoisotopic (exact) mass is 210 g/mol. The highest BCUT2D eigenvalue weighted by atomic mass is 32.2. The molecule has 0 N–H and O–H groups in total. The van der Waals surface area contributed by atoms with Gasteiger partial charge in [-0.25, -0.2) is 0 Å². The molecule has 0 amide bonds. The Hall–Kier alpha value is -0.700. The maximum Gasteiger partial charge on any atom is 0.179 e. The molecule has 0 saturated carbocycles. The molecule has 0 aromatic carbocycles. The average Bonchev–Trinajstić information content (AvgIpc) is 2.65. The fourth-order valence-corrected chi connectivity index (χ4v) is 2.98. The van der Waals surface area contributed by atoms with Crippen LogP contribution in [0.15, 0.2) is 16.7 Å². The molecule has 1 aliphatic rings. The number of thioether (sulfide) groups is 1. The molecule has 2 rings (SSSR count). The molecule has 0 radical (unpaired) electrons. The Balaban J connectivity index is 2.07. The first kappa shape index (κ1) is 9.84. The molecule has 2 nitrogen and oxygen atoms in total. The average molecular weight is 210 g/mol. The van der Waals surface area contributed by atoms with Crippen molar-refractivity contribution in [1.82, 2.24) is 0 Å². The number of Topliss-reactive ketones (excluding diaryl/α,β-unsaturated/α-hetero) is 1. The van der Waals surface area contributed by atoms with E-state index in [0.717, 1.165) is 23.5 Å². The minimum absolute atomic E-state index is 0.167. The highest BCUT2D eigenvalue weighted by Crippen LogP contribution is 2.28. The maximum absolute atomic E-state index is 11.9. The first-order valence-electron chi connectivity index (χ1n) is 4.98. The molecule has 1 atom stereocenters. The molecule has 1 aromatic heterocycles. The van der Waals surface area contributed by atoms with E-state index in [1.165, 1.54) is 12.8 Å². The van der Waals surface area contributed by atoms with Crippen molar-refractivity contribution in [2.75, 3.05) is 5.75 Å². The molecule has 1 fully saturated rings. The second kappa shape index (κ2) is 4.22. The predicted molar refractivity (Wildman–Crippen MR) is 57.9 cm³/mol. The summed E-state index contributed by atoms with van der Waals surface area (Å²) in [5.41, 5.74) is 0.738. The van der Waals surface area contributed by atoms with Crippen LogP contribution in [-0.4, -0.2) is 16.8 Å². The Morgan fingerprint density at radius 3 is 3.00 bits per heavy atom. The second-order valence-electron chi connectivity index (χ2n) is 3.67. The smallest absolute Gasteiger partial charge is 0.179 e. The molecule has 0 bridgehead atoms. The summed E-state index contributed by atoms with van der Waals surface area (Å²) in [7, 11) is 0. The van der Waals surface area contributed by atoms with Crippen LogP contribution in [0.4, 0.5) is 0 Å². The molecule has 76 valence electrons. The summed E-state index contributed by atoms with van der Waals surface area (Å²) in [6.07, 6.45) is 5.03. The fourth-order valence-electron chi connectivity index (χ4n) is 1.71. The highest BCUT2D eigenvalue weighted by molar-refractivity contribution is 8.00. The Bertz CT molecular complexity index is 324. The number of aryl methyl sites for hydroxylation is 1. The molecule has 1 aliphatic heterocycles. The molecule has 0 aliphatic carbocycles. The van der Waals surface area contributed by atoms with Gasteiger partial charge in [0.05, 0.1) is 10.8 Å². The summed E-state index contributed by atoms with van der Waals surface area (Å²) in [4.78, 5) is 11.9. The second-order valence-corrected chi connectivity index (χ2v) is 4.98.